The Morgan fingerprint density at radius 2 is 1.52 bits per heavy atom. The number of amides is 1. The molecule has 280 valence electrons. The first-order valence-corrected chi connectivity index (χ1v) is 20.1. The van der Waals surface area contributed by atoms with Gasteiger partial charge in [0.1, 0.15) is 5.75 Å². The molecule has 52 heavy (non-hydrogen) atoms. The third-order valence-electron chi connectivity index (χ3n) is 9.50. The molecule has 0 saturated carbocycles. The molecular formula is C41H55N5O5S. The Labute approximate surface area is 312 Å². The molecule has 1 fully saturated rings. The highest BCUT2D eigenvalue weighted by Gasteiger charge is 2.33. The zero-order valence-corrected chi connectivity index (χ0v) is 31.3. The van der Waals surface area contributed by atoms with Crippen molar-refractivity contribution in [2.45, 2.75) is 133 Å². The summed E-state index contributed by atoms with van der Waals surface area (Å²) < 4.78 is 14.7. The van der Waals surface area contributed by atoms with Crippen LogP contribution in [0.25, 0.3) is 5.69 Å². The maximum atomic E-state index is 12.9. The Morgan fingerprint density at radius 1 is 0.846 bits per heavy atom. The van der Waals surface area contributed by atoms with Gasteiger partial charge in [0, 0.05) is 29.8 Å². The molecule has 5 rings (SSSR count). The van der Waals surface area contributed by atoms with Crippen molar-refractivity contribution >= 4 is 23.4 Å². The number of nitrogens with zero attached hydrogens (tertiary/aromatic N) is 4. The number of hydrogen-bond donors (Lipinski definition) is 3. The summed E-state index contributed by atoms with van der Waals surface area (Å²) in [6.45, 7) is 2.24. The molecule has 1 unspecified atom stereocenters. The summed E-state index contributed by atoms with van der Waals surface area (Å²) >= 11 is 1.48. The predicted octanol–water partition coefficient (Wildman–Crippen LogP) is 9.62. The smallest absolute Gasteiger partial charge is 0.224 e. The standard InChI is InChI=1S/C41H55N5O5S/c1-2-3-4-5-6-7-8-9-10-11-12-13-14-18-39(49)42-34-17-15-16-33(27-34)40-50-37(28-38(51-40)32-21-19-31(29-47)20-22-32)30-52-41-43-44-45-46(41)35-23-25-36(48)26-24-35/h15-17,19-27,37-38,40,47-48H,2-14,18,28-30H2,1H3,(H,42,49)/t37-,38+,40?/m0/s1. The van der Waals surface area contributed by atoms with Crippen molar-refractivity contribution in [1.29, 1.82) is 0 Å². The van der Waals surface area contributed by atoms with Crippen molar-refractivity contribution in [2.24, 2.45) is 0 Å². The van der Waals surface area contributed by atoms with Gasteiger partial charge in [0.25, 0.3) is 0 Å². The van der Waals surface area contributed by atoms with Crippen LogP contribution in [0.1, 0.15) is 132 Å². The fraction of sp³-hybridized carbons (Fsp3) is 0.512. The number of aliphatic hydroxyl groups is 1. The number of phenols is 1. The van der Waals surface area contributed by atoms with E-state index < -0.39 is 6.29 Å². The molecule has 3 atom stereocenters. The van der Waals surface area contributed by atoms with Crippen LogP contribution in [-0.2, 0) is 20.9 Å². The lowest BCUT2D eigenvalue weighted by atomic mass is 10.0. The summed E-state index contributed by atoms with van der Waals surface area (Å²) in [5, 5.41) is 35.2. The van der Waals surface area contributed by atoms with Crippen molar-refractivity contribution in [1.82, 2.24) is 20.2 Å². The molecule has 1 aromatic heterocycles. The van der Waals surface area contributed by atoms with Gasteiger partial charge in [-0.25, -0.2) is 0 Å². The van der Waals surface area contributed by atoms with E-state index in [1.165, 1.54) is 82.4 Å². The maximum Gasteiger partial charge on any atom is 0.224 e. The maximum absolute atomic E-state index is 12.9. The molecule has 3 N–H and O–H groups in total. The van der Waals surface area contributed by atoms with E-state index in [9.17, 15) is 15.0 Å². The fourth-order valence-electron chi connectivity index (χ4n) is 6.50. The van der Waals surface area contributed by atoms with Crippen LogP contribution in [0.2, 0.25) is 0 Å². The number of aliphatic hydroxyl groups excluding tert-OH is 1. The first-order chi connectivity index (χ1) is 25.5. The second-order valence-electron chi connectivity index (χ2n) is 13.7. The Bertz CT molecular complexity index is 1620. The van der Waals surface area contributed by atoms with Crippen LogP contribution in [0.3, 0.4) is 0 Å². The molecule has 0 bridgehead atoms. The number of tetrazole rings is 1. The number of rotatable bonds is 22. The minimum atomic E-state index is -0.659. The lowest BCUT2D eigenvalue weighted by Crippen LogP contribution is -2.31. The molecule has 0 radical (unpaired) electrons. The normalized spacial score (nSPS) is 17.3. The number of carbonyl (C=O) groups excluding carboxylic acids is 1. The molecule has 10 nitrogen and oxygen atoms in total. The van der Waals surface area contributed by atoms with E-state index in [1.807, 2.05) is 48.5 Å². The summed E-state index contributed by atoms with van der Waals surface area (Å²) in [6, 6.07) is 22.2. The number of thioether (sulfide) groups is 1. The van der Waals surface area contributed by atoms with Crippen molar-refractivity contribution in [3.63, 3.8) is 0 Å². The summed E-state index contributed by atoms with van der Waals surface area (Å²) in [5.41, 5.74) is 4.11. The fourth-order valence-corrected chi connectivity index (χ4v) is 7.41. The lowest BCUT2D eigenvalue weighted by molar-refractivity contribution is -0.245. The number of carbonyl (C=O) groups is 1. The van der Waals surface area contributed by atoms with Gasteiger partial charge in [-0.15, -0.1) is 5.10 Å². The first-order valence-electron chi connectivity index (χ1n) is 19.1. The Morgan fingerprint density at radius 3 is 2.19 bits per heavy atom. The van der Waals surface area contributed by atoms with Crippen molar-refractivity contribution in [2.75, 3.05) is 11.1 Å². The van der Waals surface area contributed by atoms with Gasteiger partial charge in [-0.3, -0.25) is 4.79 Å². The summed E-state index contributed by atoms with van der Waals surface area (Å²) in [6.07, 6.45) is 16.6. The van der Waals surface area contributed by atoms with Crippen LogP contribution in [0, 0.1) is 0 Å². The van der Waals surface area contributed by atoms with Crippen molar-refractivity contribution in [3.8, 4) is 11.4 Å². The molecule has 11 heteroatoms. The SMILES string of the molecule is CCCCCCCCCCCCCCCC(=O)Nc1cccc(C2O[C@H](CSc3nnnn3-c3ccc(O)cc3)C[C@H](c3ccc(CO)cc3)O2)c1. The van der Waals surface area contributed by atoms with Gasteiger partial charge in [0.15, 0.2) is 6.29 Å². The van der Waals surface area contributed by atoms with Crippen LogP contribution in [-0.4, -0.2) is 48.2 Å². The van der Waals surface area contributed by atoms with E-state index in [0.29, 0.717) is 23.8 Å². The van der Waals surface area contributed by atoms with Crippen LogP contribution >= 0.6 is 11.8 Å². The van der Waals surface area contributed by atoms with Crippen LogP contribution in [0.15, 0.2) is 78.0 Å². The van der Waals surface area contributed by atoms with E-state index in [-0.39, 0.29) is 30.5 Å². The molecule has 1 saturated heterocycles. The van der Waals surface area contributed by atoms with Crippen LogP contribution in [0.4, 0.5) is 5.69 Å². The number of phenolic OH excluding ortho intramolecular Hbond substituents is 1. The first kappa shape index (κ1) is 39.4. The number of aromatic hydroxyl groups is 1. The highest BCUT2D eigenvalue weighted by molar-refractivity contribution is 7.99. The average Bonchev–Trinajstić information content (AvgIpc) is 3.65. The third kappa shape index (κ3) is 12.7. The Hall–Kier alpha value is -3.77. The molecule has 1 aliphatic heterocycles. The minimum absolute atomic E-state index is 0.0215. The third-order valence-corrected chi connectivity index (χ3v) is 10.5. The van der Waals surface area contributed by atoms with Gasteiger partial charge in [0.2, 0.25) is 11.1 Å². The zero-order valence-electron chi connectivity index (χ0n) is 30.5. The predicted molar refractivity (Wildman–Crippen MR) is 205 cm³/mol. The number of aromatic nitrogens is 4. The summed E-state index contributed by atoms with van der Waals surface area (Å²) in [5.74, 6) is 0.761. The Kier molecular flexibility index (Phi) is 16.4. The number of ether oxygens (including phenoxy) is 2. The molecular weight excluding hydrogens is 675 g/mol. The molecule has 3 aromatic carbocycles. The van der Waals surface area contributed by atoms with Gasteiger partial charge in [-0.05, 0) is 64.4 Å². The van der Waals surface area contributed by atoms with E-state index >= 15 is 0 Å². The summed E-state index contributed by atoms with van der Waals surface area (Å²) in [4.78, 5) is 12.9. The molecule has 4 aromatic rings. The second kappa shape index (κ2) is 21.7. The number of hydrogen-bond acceptors (Lipinski definition) is 9. The monoisotopic (exact) mass is 729 g/mol. The van der Waals surface area contributed by atoms with Crippen LogP contribution < -0.4 is 5.32 Å². The second-order valence-corrected chi connectivity index (χ2v) is 14.7. The highest BCUT2D eigenvalue weighted by Crippen LogP contribution is 2.40. The molecule has 1 aliphatic rings. The summed E-state index contributed by atoms with van der Waals surface area (Å²) in [7, 11) is 0. The van der Waals surface area contributed by atoms with Crippen molar-refractivity contribution < 1.29 is 24.5 Å². The van der Waals surface area contributed by atoms with Gasteiger partial charge < -0.3 is 25.0 Å². The van der Waals surface area contributed by atoms with E-state index in [1.54, 1.807) is 28.9 Å². The molecule has 2 heterocycles. The van der Waals surface area contributed by atoms with Gasteiger partial charge in [-0.2, -0.15) is 4.68 Å². The van der Waals surface area contributed by atoms with Crippen LogP contribution in [0.5, 0.6) is 5.75 Å². The molecule has 0 spiro atoms. The lowest BCUT2D eigenvalue weighted by Gasteiger charge is -2.36. The number of unbranched alkanes of at least 4 members (excludes halogenated alkanes) is 12. The topological polar surface area (TPSA) is 132 Å². The highest BCUT2D eigenvalue weighted by atomic mass is 32.2. The molecule has 0 aliphatic carbocycles. The minimum Gasteiger partial charge on any atom is -0.508 e. The number of anilines is 1. The number of nitrogens with one attached hydrogen (secondary N) is 1. The van der Waals surface area contributed by atoms with Gasteiger partial charge in [0.05, 0.1) is 24.5 Å². The van der Waals surface area contributed by atoms with E-state index in [0.717, 1.165) is 40.9 Å². The van der Waals surface area contributed by atoms with Gasteiger partial charge >= 0.3 is 0 Å². The quantitative estimate of drug-likeness (QED) is 0.0534. The van der Waals surface area contributed by atoms with Crippen molar-refractivity contribution in [3.05, 3.63) is 89.5 Å². The zero-order chi connectivity index (χ0) is 36.4. The Balaban J connectivity index is 1.12. The average molecular weight is 730 g/mol. The number of benzene rings is 3. The van der Waals surface area contributed by atoms with E-state index in [2.05, 4.69) is 27.8 Å². The van der Waals surface area contributed by atoms with E-state index in [4.69, 9.17) is 9.47 Å². The molecule has 1 amide bonds. The largest absolute Gasteiger partial charge is 0.508 e. The van der Waals surface area contributed by atoms with Gasteiger partial charge in [-0.1, -0.05) is 132 Å².